The molecule has 6 heteroatoms. The van der Waals surface area contributed by atoms with E-state index in [1.807, 2.05) is 43.3 Å². The van der Waals surface area contributed by atoms with Crippen LogP contribution in [0.2, 0.25) is 0 Å². The third-order valence-corrected chi connectivity index (χ3v) is 4.71. The molecule has 0 aliphatic heterocycles. The Morgan fingerprint density at radius 1 is 1.11 bits per heavy atom. The Morgan fingerprint density at radius 2 is 1.86 bits per heavy atom. The molecule has 0 unspecified atom stereocenters. The zero-order valence-electron chi connectivity index (χ0n) is 15.5. The maximum Gasteiger partial charge on any atom is 0.255 e. The molecule has 3 aromatic rings. The molecule has 3 aromatic carbocycles. The summed E-state index contributed by atoms with van der Waals surface area (Å²) in [6, 6.07) is 18.1. The number of carbonyl (C=O) groups is 1. The van der Waals surface area contributed by atoms with Gasteiger partial charge in [0.05, 0.1) is 17.3 Å². The van der Waals surface area contributed by atoms with Crippen LogP contribution in [-0.2, 0) is 6.61 Å². The van der Waals surface area contributed by atoms with Crippen LogP contribution in [0.4, 0.5) is 5.69 Å². The lowest BCUT2D eigenvalue weighted by molar-refractivity contribution is 0.102. The minimum atomic E-state index is -0.368. The number of anilines is 1. The fourth-order valence-corrected chi connectivity index (χ4v) is 3.22. The lowest BCUT2D eigenvalue weighted by Gasteiger charge is -2.15. The van der Waals surface area contributed by atoms with Gasteiger partial charge >= 0.3 is 0 Å². The summed E-state index contributed by atoms with van der Waals surface area (Å²) in [7, 11) is 1.52. The van der Waals surface area contributed by atoms with Gasteiger partial charge in [-0.1, -0.05) is 36.4 Å². The van der Waals surface area contributed by atoms with Crippen LogP contribution in [0.3, 0.4) is 0 Å². The van der Waals surface area contributed by atoms with Crippen molar-refractivity contribution in [1.29, 1.82) is 0 Å². The number of hydrogen-bond donors (Lipinski definition) is 2. The van der Waals surface area contributed by atoms with Gasteiger partial charge in [0.15, 0.2) is 11.5 Å². The Kier molecular flexibility index (Phi) is 6.21. The second-order valence-corrected chi connectivity index (χ2v) is 7.09. The van der Waals surface area contributed by atoms with E-state index in [1.165, 1.54) is 7.11 Å². The van der Waals surface area contributed by atoms with Crippen LogP contribution in [0.1, 0.15) is 21.5 Å². The maximum atomic E-state index is 12.6. The van der Waals surface area contributed by atoms with Crippen molar-refractivity contribution in [3.63, 3.8) is 0 Å². The molecule has 144 valence electrons. The predicted octanol–water partition coefficient (Wildman–Crippen LogP) is 5.30. The summed E-state index contributed by atoms with van der Waals surface area (Å²) in [5, 5.41) is 12.7. The molecule has 0 aliphatic carbocycles. The van der Waals surface area contributed by atoms with Crippen molar-refractivity contribution in [2.75, 3.05) is 12.4 Å². The van der Waals surface area contributed by atoms with E-state index in [1.54, 1.807) is 24.3 Å². The molecule has 0 aromatic heterocycles. The van der Waals surface area contributed by atoms with Crippen molar-refractivity contribution in [1.82, 2.24) is 0 Å². The van der Waals surface area contributed by atoms with Gasteiger partial charge in [0.25, 0.3) is 5.91 Å². The zero-order valence-corrected chi connectivity index (χ0v) is 17.1. The minimum absolute atomic E-state index is 0.0159. The first-order chi connectivity index (χ1) is 13.5. The summed E-state index contributed by atoms with van der Waals surface area (Å²) >= 11 is 3.46. The predicted molar refractivity (Wildman–Crippen MR) is 112 cm³/mol. The summed E-state index contributed by atoms with van der Waals surface area (Å²) in [4.78, 5) is 12.6. The molecule has 2 N–H and O–H groups in total. The molecule has 5 nitrogen and oxygen atoms in total. The number of halogens is 1. The van der Waals surface area contributed by atoms with Gasteiger partial charge in [0.2, 0.25) is 0 Å². The molecule has 0 atom stereocenters. The first kappa shape index (κ1) is 19.8. The molecule has 0 spiro atoms. The number of aryl methyl sites for hydroxylation is 1. The topological polar surface area (TPSA) is 67.8 Å². The van der Waals surface area contributed by atoms with Crippen LogP contribution in [0.25, 0.3) is 0 Å². The molecular formula is C22H20BrNO4. The SMILES string of the molecule is COc1cc(C(=O)Nc2ccc(C)cc2O)cc(Br)c1OCc1ccccc1. The summed E-state index contributed by atoms with van der Waals surface area (Å²) in [6.45, 7) is 2.24. The Bertz CT molecular complexity index is 989. The number of phenols is 1. The van der Waals surface area contributed by atoms with E-state index in [9.17, 15) is 9.90 Å². The second kappa shape index (κ2) is 8.80. The standard InChI is InChI=1S/C22H20BrNO4/c1-14-8-9-18(19(25)10-14)24-22(26)16-11-17(23)21(20(12-16)27-2)28-13-15-6-4-3-5-7-15/h3-12,25H,13H2,1-2H3,(H,24,26). The van der Waals surface area contributed by atoms with Crippen LogP contribution >= 0.6 is 15.9 Å². The van der Waals surface area contributed by atoms with Gasteiger partial charge in [0, 0.05) is 5.56 Å². The van der Waals surface area contributed by atoms with Crippen molar-refractivity contribution < 1.29 is 19.4 Å². The fourth-order valence-electron chi connectivity index (χ4n) is 2.66. The maximum absolute atomic E-state index is 12.6. The quantitative estimate of drug-likeness (QED) is 0.509. The normalized spacial score (nSPS) is 10.4. The molecule has 0 saturated carbocycles. The number of hydrogen-bond acceptors (Lipinski definition) is 4. The molecule has 3 rings (SSSR count). The van der Waals surface area contributed by atoms with Gasteiger partial charge in [-0.2, -0.15) is 0 Å². The van der Waals surface area contributed by atoms with E-state index in [-0.39, 0.29) is 11.7 Å². The van der Waals surface area contributed by atoms with Crippen LogP contribution in [-0.4, -0.2) is 18.1 Å². The highest BCUT2D eigenvalue weighted by molar-refractivity contribution is 9.10. The van der Waals surface area contributed by atoms with Gasteiger partial charge in [-0.15, -0.1) is 0 Å². The van der Waals surface area contributed by atoms with Crippen LogP contribution in [0.5, 0.6) is 17.2 Å². The lowest BCUT2D eigenvalue weighted by atomic mass is 10.1. The first-order valence-electron chi connectivity index (χ1n) is 8.63. The Hall–Kier alpha value is -2.99. The summed E-state index contributed by atoms with van der Waals surface area (Å²) in [5.41, 5.74) is 2.64. The second-order valence-electron chi connectivity index (χ2n) is 6.24. The molecule has 0 radical (unpaired) electrons. The largest absolute Gasteiger partial charge is 0.506 e. The highest BCUT2D eigenvalue weighted by Gasteiger charge is 2.17. The third kappa shape index (κ3) is 4.64. The minimum Gasteiger partial charge on any atom is -0.506 e. The molecular weight excluding hydrogens is 422 g/mol. The van der Waals surface area contributed by atoms with Gasteiger partial charge in [0.1, 0.15) is 12.4 Å². The number of aromatic hydroxyl groups is 1. The summed E-state index contributed by atoms with van der Waals surface area (Å²) in [6.07, 6.45) is 0. The number of nitrogens with one attached hydrogen (secondary N) is 1. The summed E-state index contributed by atoms with van der Waals surface area (Å²) in [5.74, 6) is 0.597. The van der Waals surface area contributed by atoms with Gasteiger partial charge in [-0.25, -0.2) is 0 Å². The van der Waals surface area contributed by atoms with Crippen molar-refractivity contribution >= 4 is 27.5 Å². The highest BCUT2D eigenvalue weighted by Crippen LogP contribution is 2.37. The van der Waals surface area contributed by atoms with E-state index >= 15 is 0 Å². The molecule has 1 amide bonds. The fraction of sp³-hybridized carbons (Fsp3) is 0.136. The molecule has 28 heavy (non-hydrogen) atoms. The van der Waals surface area contributed by atoms with E-state index in [4.69, 9.17) is 9.47 Å². The van der Waals surface area contributed by atoms with Crippen LogP contribution in [0.15, 0.2) is 65.1 Å². The number of phenolic OH excluding ortho intramolecular Hbond substituents is 1. The Balaban J connectivity index is 1.80. The van der Waals surface area contributed by atoms with Gasteiger partial charge in [-0.05, 0) is 58.2 Å². The molecule has 0 fully saturated rings. The smallest absolute Gasteiger partial charge is 0.255 e. The van der Waals surface area contributed by atoms with Crippen LogP contribution < -0.4 is 14.8 Å². The monoisotopic (exact) mass is 441 g/mol. The van der Waals surface area contributed by atoms with Crippen molar-refractivity contribution in [2.45, 2.75) is 13.5 Å². The number of carbonyl (C=O) groups excluding carboxylic acids is 1. The Labute approximate surface area is 172 Å². The first-order valence-corrected chi connectivity index (χ1v) is 9.42. The molecule has 0 aliphatic rings. The van der Waals surface area contributed by atoms with Crippen molar-refractivity contribution in [3.05, 3.63) is 81.8 Å². The number of amides is 1. The third-order valence-electron chi connectivity index (χ3n) is 4.12. The molecule has 0 heterocycles. The average Bonchev–Trinajstić information content (AvgIpc) is 2.69. The number of methoxy groups -OCH3 is 1. The Morgan fingerprint density at radius 3 is 2.54 bits per heavy atom. The number of ether oxygens (including phenoxy) is 2. The lowest BCUT2D eigenvalue weighted by Crippen LogP contribution is -2.12. The molecule has 0 saturated heterocycles. The zero-order chi connectivity index (χ0) is 20.1. The van der Waals surface area contributed by atoms with Crippen molar-refractivity contribution in [2.24, 2.45) is 0 Å². The van der Waals surface area contributed by atoms with Gasteiger partial charge < -0.3 is 19.9 Å². The van der Waals surface area contributed by atoms with Gasteiger partial charge in [-0.3, -0.25) is 4.79 Å². The van der Waals surface area contributed by atoms with Crippen molar-refractivity contribution in [3.8, 4) is 17.2 Å². The average molecular weight is 442 g/mol. The highest BCUT2D eigenvalue weighted by atomic mass is 79.9. The molecule has 0 bridgehead atoms. The number of benzene rings is 3. The van der Waals surface area contributed by atoms with E-state index < -0.39 is 0 Å². The number of rotatable bonds is 6. The van der Waals surface area contributed by atoms with E-state index in [0.717, 1.165) is 11.1 Å². The van der Waals surface area contributed by atoms with E-state index in [0.29, 0.717) is 33.8 Å². The van der Waals surface area contributed by atoms with Crippen LogP contribution in [0, 0.1) is 6.92 Å². The van der Waals surface area contributed by atoms with E-state index in [2.05, 4.69) is 21.2 Å². The summed E-state index contributed by atoms with van der Waals surface area (Å²) < 4.78 is 11.9.